The quantitative estimate of drug-likeness (QED) is 0.520. The third-order valence-corrected chi connectivity index (χ3v) is 5.02. The van der Waals surface area contributed by atoms with E-state index in [2.05, 4.69) is 50.8 Å². The second-order valence-corrected chi connectivity index (χ2v) is 11.9. The van der Waals surface area contributed by atoms with Crippen LogP contribution in [0.2, 0.25) is 25.7 Å². The van der Waals surface area contributed by atoms with Gasteiger partial charge >= 0.3 is 0 Å². The van der Waals surface area contributed by atoms with Crippen LogP contribution in [0.5, 0.6) is 0 Å². The van der Waals surface area contributed by atoms with Gasteiger partial charge in [-0.25, -0.2) is 0 Å². The highest BCUT2D eigenvalue weighted by atomic mass is 28.3. The monoisotopic (exact) mass is 261 g/mol. The first kappa shape index (κ1) is 15.2. The Morgan fingerprint density at radius 2 is 1.83 bits per heavy atom. The fourth-order valence-corrected chi connectivity index (χ4v) is 3.05. The number of benzene rings is 1. The number of rotatable bonds is 7. The van der Waals surface area contributed by atoms with E-state index in [4.69, 9.17) is 5.41 Å². The Labute approximate surface area is 113 Å². The normalized spacial score (nSPS) is 11.6. The maximum atomic E-state index is 8.22. The van der Waals surface area contributed by atoms with Gasteiger partial charge in [0.2, 0.25) is 0 Å². The van der Waals surface area contributed by atoms with Gasteiger partial charge in [-0.1, -0.05) is 63.3 Å². The molecule has 0 saturated heterocycles. The van der Waals surface area contributed by atoms with Crippen molar-refractivity contribution in [2.24, 2.45) is 0 Å². The minimum atomic E-state index is -0.994. The standard InChI is InChI=1S/C16H27NSi/c1-5-6-11-16(17)15-10-8-7-9-14(15)12-13-18(2,3)4/h7-10,17H,5-6,11-13H2,1-4H3. The zero-order valence-corrected chi connectivity index (χ0v) is 13.3. The predicted octanol–water partition coefficient (Wildman–Crippen LogP) is 5.13. The summed E-state index contributed by atoms with van der Waals surface area (Å²) in [5, 5.41) is 8.22. The average molecular weight is 261 g/mol. The van der Waals surface area contributed by atoms with Crippen LogP contribution >= 0.6 is 0 Å². The van der Waals surface area contributed by atoms with E-state index in [1.807, 2.05) is 0 Å². The zero-order chi connectivity index (χ0) is 13.6. The molecule has 0 spiro atoms. The molecular weight excluding hydrogens is 234 g/mol. The highest BCUT2D eigenvalue weighted by Crippen LogP contribution is 2.18. The number of aryl methyl sites for hydroxylation is 1. The summed E-state index contributed by atoms with van der Waals surface area (Å²) in [5.74, 6) is 0. The summed E-state index contributed by atoms with van der Waals surface area (Å²) in [6.45, 7) is 9.43. The van der Waals surface area contributed by atoms with Crippen LogP contribution in [0, 0.1) is 5.41 Å². The van der Waals surface area contributed by atoms with Crippen LogP contribution in [0.15, 0.2) is 24.3 Å². The topological polar surface area (TPSA) is 23.9 Å². The molecule has 0 bridgehead atoms. The predicted molar refractivity (Wildman–Crippen MR) is 84.7 cm³/mol. The second-order valence-electron chi connectivity index (χ2n) is 6.30. The smallest absolute Gasteiger partial charge is 0.0445 e. The van der Waals surface area contributed by atoms with Crippen molar-refractivity contribution in [1.82, 2.24) is 0 Å². The fourth-order valence-electron chi connectivity index (χ4n) is 2.03. The van der Waals surface area contributed by atoms with E-state index in [-0.39, 0.29) is 0 Å². The van der Waals surface area contributed by atoms with Gasteiger partial charge in [0.15, 0.2) is 0 Å². The molecule has 2 heteroatoms. The van der Waals surface area contributed by atoms with Crippen LogP contribution in [0.4, 0.5) is 0 Å². The highest BCUT2D eigenvalue weighted by Gasteiger charge is 2.14. The molecule has 18 heavy (non-hydrogen) atoms. The van der Waals surface area contributed by atoms with Crippen molar-refractivity contribution < 1.29 is 0 Å². The Morgan fingerprint density at radius 3 is 2.44 bits per heavy atom. The lowest BCUT2D eigenvalue weighted by Crippen LogP contribution is -2.20. The molecule has 100 valence electrons. The van der Waals surface area contributed by atoms with Crippen LogP contribution in [-0.4, -0.2) is 13.8 Å². The van der Waals surface area contributed by atoms with Crippen LogP contribution in [0.1, 0.15) is 37.3 Å². The van der Waals surface area contributed by atoms with Crippen LogP contribution < -0.4 is 0 Å². The lowest BCUT2D eigenvalue weighted by Gasteiger charge is -2.17. The molecule has 0 aromatic heterocycles. The van der Waals surface area contributed by atoms with Gasteiger partial charge in [-0.15, -0.1) is 0 Å². The lowest BCUT2D eigenvalue weighted by atomic mass is 9.98. The van der Waals surface area contributed by atoms with E-state index in [1.54, 1.807) is 0 Å². The summed E-state index contributed by atoms with van der Waals surface area (Å²) in [7, 11) is -0.994. The van der Waals surface area contributed by atoms with E-state index < -0.39 is 8.07 Å². The highest BCUT2D eigenvalue weighted by molar-refractivity contribution is 6.76. The number of unbranched alkanes of at least 4 members (excludes halogenated alkanes) is 1. The molecule has 0 radical (unpaired) electrons. The molecule has 0 aliphatic rings. The molecule has 0 aliphatic heterocycles. The molecule has 1 N–H and O–H groups in total. The van der Waals surface area contributed by atoms with Gasteiger partial charge in [-0.3, -0.25) is 0 Å². The minimum absolute atomic E-state index is 0.822. The molecule has 1 nitrogen and oxygen atoms in total. The molecule has 0 amide bonds. The van der Waals surface area contributed by atoms with Crippen LogP contribution in [0.3, 0.4) is 0 Å². The minimum Gasteiger partial charge on any atom is -0.305 e. The summed E-state index contributed by atoms with van der Waals surface area (Å²) in [6, 6.07) is 9.81. The maximum absolute atomic E-state index is 8.22. The van der Waals surface area contributed by atoms with Crippen molar-refractivity contribution in [3.63, 3.8) is 0 Å². The second kappa shape index (κ2) is 6.88. The van der Waals surface area contributed by atoms with E-state index in [0.717, 1.165) is 25.0 Å². The summed E-state index contributed by atoms with van der Waals surface area (Å²) in [6.07, 6.45) is 4.35. The van der Waals surface area contributed by atoms with Gasteiger partial charge in [-0.05, 0) is 30.4 Å². The Kier molecular flexibility index (Phi) is 5.80. The Balaban J connectivity index is 2.76. The van der Waals surface area contributed by atoms with Crippen molar-refractivity contribution in [2.75, 3.05) is 0 Å². The summed E-state index contributed by atoms with van der Waals surface area (Å²) in [4.78, 5) is 0. The first-order valence-electron chi connectivity index (χ1n) is 7.10. The molecule has 0 unspecified atom stereocenters. The van der Waals surface area contributed by atoms with Gasteiger partial charge in [0.05, 0.1) is 0 Å². The molecular formula is C16H27NSi. The SMILES string of the molecule is CCCCC(=N)c1ccccc1CC[Si](C)(C)C. The fraction of sp³-hybridized carbons (Fsp3) is 0.562. The lowest BCUT2D eigenvalue weighted by molar-refractivity contribution is 0.832. The number of hydrogen-bond acceptors (Lipinski definition) is 1. The zero-order valence-electron chi connectivity index (χ0n) is 12.3. The van der Waals surface area contributed by atoms with E-state index in [1.165, 1.54) is 23.6 Å². The average Bonchev–Trinajstić information content (AvgIpc) is 2.33. The van der Waals surface area contributed by atoms with Crippen molar-refractivity contribution in [1.29, 1.82) is 5.41 Å². The summed E-state index contributed by atoms with van der Waals surface area (Å²) >= 11 is 0. The third-order valence-electron chi connectivity index (χ3n) is 3.27. The van der Waals surface area contributed by atoms with Gasteiger partial charge in [0.25, 0.3) is 0 Å². The molecule has 0 fully saturated rings. The Bertz CT molecular complexity index is 390. The summed E-state index contributed by atoms with van der Waals surface area (Å²) in [5.41, 5.74) is 3.38. The summed E-state index contributed by atoms with van der Waals surface area (Å²) < 4.78 is 0. The number of nitrogens with one attached hydrogen (secondary N) is 1. The van der Waals surface area contributed by atoms with Crippen molar-refractivity contribution in [2.45, 2.75) is 58.3 Å². The third kappa shape index (κ3) is 5.17. The van der Waals surface area contributed by atoms with Gasteiger partial charge in [0, 0.05) is 13.8 Å². The molecule has 0 atom stereocenters. The largest absolute Gasteiger partial charge is 0.305 e. The number of hydrogen-bond donors (Lipinski definition) is 1. The van der Waals surface area contributed by atoms with Crippen molar-refractivity contribution in [3.8, 4) is 0 Å². The van der Waals surface area contributed by atoms with Gasteiger partial charge < -0.3 is 5.41 Å². The first-order valence-corrected chi connectivity index (χ1v) is 10.8. The maximum Gasteiger partial charge on any atom is 0.0445 e. The first-order chi connectivity index (χ1) is 8.44. The molecule has 0 aliphatic carbocycles. The van der Waals surface area contributed by atoms with Crippen molar-refractivity contribution >= 4 is 13.8 Å². The van der Waals surface area contributed by atoms with E-state index >= 15 is 0 Å². The van der Waals surface area contributed by atoms with Crippen molar-refractivity contribution in [3.05, 3.63) is 35.4 Å². The Hall–Kier alpha value is -0.893. The molecule has 0 saturated carbocycles. The van der Waals surface area contributed by atoms with Gasteiger partial charge in [0.1, 0.15) is 0 Å². The molecule has 1 aromatic carbocycles. The molecule has 1 aromatic rings. The van der Waals surface area contributed by atoms with Gasteiger partial charge in [-0.2, -0.15) is 0 Å². The van der Waals surface area contributed by atoms with E-state index in [0.29, 0.717) is 0 Å². The van der Waals surface area contributed by atoms with E-state index in [9.17, 15) is 0 Å². The molecule has 0 heterocycles. The molecule has 1 rings (SSSR count). The van der Waals surface area contributed by atoms with Crippen LogP contribution in [-0.2, 0) is 6.42 Å². The Morgan fingerprint density at radius 1 is 1.17 bits per heavy atom. The van der Waals surface area contributed by atoms with Crippen LogP contribution in [0.25, 0.3) is 0 Å².